The average Bonchev–Trinajstić information content (AvgIpc) is 2.58. The van der Waals surface area contributed by atoms with Crippen molar-refractivity contribution in [2.45, 2.75) is 11.0 Å². The summed E-state index contributed by atoms with van der Waals surface area (Å²) in [4.78, 5) is 25.8. The number of carbonyl (C=O) groups is 1. The van der Waals surface area contributed by atoms with E-state index in [1.165, 1.54) is 12.1 Å². The van der Waals surface area contributed by atoms with Crippen LogP contribution in [0.2, 0.25) is 0 Å². The van der Waals surface area contributed by atoms with Gasteiger partial charge in [0.25, 0.3) is 5.69 Å². The number of ether oxygens (including phenoxy) is 1. The number of nitrogens with one attached hydrogen (secondary N) is 1. The van der Waals surface area contributed by atoms with Crippen molar-refractivity contribution in [1.29, 1.82) is 0 Å². The Bertz CT molecular complexity index is 813. The molecule has 0 unspecified atom stereocenters. The fourth-order valence-electron chi connectivity index (χ4n) is 2.65. The van der Waals surface area contributed by atoms with E-state index >= 15 is 0 Å². The van der Waals surface area contributed by atoms with Crippen LogP contribution in [0.4, 0.5) is 11.4 Å². The average molecular weight is 401 g/mol. The van der Waals surface area contributed by atoms with Gasteiger partial charge in [-0.2, -0.15) is 0 Å². The van der Waals surface area contributed by atoms with Crippen molar-refractivity contribution >= 4 is 27.3 Å². The molecule has 1 heterocycles. The predicted octanol–water partition coefficient (Wildman–Crippen LogP) is -0.557. The molecule has 1 amide bonds. The van der Waals surface area contributed by atoms with E-state index in [1.54, 1.807) is 9.80 Å². The summed E-state index contributed by atoms with van der Waals surface area (Å²) in [6, 6.07) is 3.39. The molecule has 0 aromatic heterocycles. The van der Waals surface area contributed by atoms with E-state index in [0.717, 1.165) is 6.07 Å². The summed E-state index contributed by atoms with van der Waals surface area (Å²) >= 11 is 0. The second-order valence-electron chi connectivity index (χ2n) is 6.43. The number of sulfonamides is 1. The number of hydrogen-bond acceptors (Lipinski definition) is 8. The van der Waals surface area contributed by atoms with Gasteiger partial charge in [0.05, 0.1) is 29.1 Å². The van der Waals surface area contributed by atoms with Gasteiger partial charge in [0.2, 0.25) is 15.9 Å². The molecule has 2 rings (SSSR count). The monoisotopic (exact) mass is 401 g/mol. The van der Waals surface area contributed by atoms with Gasteiger partial charge >= 0.3 is 0 Å². The maximum absolute atomic E-state index is 12.2. The molecule has 0 radical (unpaired) electrons. The lowest BCUT2D eigenvalue weighted by Gasteiger charge is -2.33. The largest absolute Gasteiger partial charge is 0.377 e. The third-order valence-electron chi connectivity index (χ3n) is 3.96. The number of carbonyl (C=O) groups excluding carboxylic acids is 1. The Morgan fingerprint density at radius 2 is 2.19 bits per heavy atom. The lowest BCUT2D eigenvalue weighted by atomic mass is 10.2. The molecule has 1 fully saturated rings. The molecule has 11 nitrogen and oxygen atoms in total. The summed E-state index contributed by atoms with van der Waals surface area (Å²) in [7, 11) is -0.428. The standard InChI is InChI=1S/C15H23N5O6S/c1-18(2)10-15(21)19-5-6-26-11(9-19)8-17-13-4-3-12(27(16,24)25)7-14(13)20(22)23/h3-4,7,11,17H,5-6,8-10H2,1-2H3,(H2,16,24,25)/t11-/m1/s1. The summed E-state index contributed by atoms with van der Waals surface area (Å²) in [5, 5.41) is 19.1. The molecule has 1 aliphatic heterocycles. The predicted molar refractivity (Wildman–Crippen MR) is 97.8 cm³/mol. The van der Waals surface area contributed by atoms with Crippen molar-refractivity contribution in [3.63, 3.8) is 0 Å². The molecule has 0 saturated carbocycles. The maximum atomic E-state index is 12.2. The van der Waals surface area contributed by atoms with Crippen molar-refractivity contribution in [2.24, 2.45) is 5.14 Å². The lowest BCUT2D eigenvalue weighted by molar-refractivity contribution is -0.384. The molecule has 0 spiro atoms. The quantitative estimate of drug-likeness (QED) is 0.456. The Morgan fingerprint density at radius 1 is 1.48 bits per heavy atom. The van der Waals surface area contributed by atoms with Gasteiger partial charge in [0, 0.05) is 25.7 Å². The van der Waals surface area contributed by atoms with Gasteiger partial charge in [-0.15, -0.1) is 0 Å². The van der Waals surface area contributed by atoms with E-state index in [2.05, 4.69) is 5.32 Å². The highest BCUT2D eigenvalue weighted by Crippen LogP contribution is 2.27. The highest BCUT2D eigenvalue weighted by Gasteiger charge is 2.25. The van der Waals surface area contributed by atoms with Crippen LogP contribution in [0.3, 0.4) is 0 Å². The van der Waals surface area contributed by atoms with Crippen LogP contribution < -0.4 is 10.5 Å². The number of nitrogens with two attached hydrogens (primary N) is 1. The number of likely N-dealkylation sites (N-methyl/N-ethyl adjacent to an activating group) is 1. The van der Waals surface area contributed by atoms with Crippen LogP contribution in [0.15, 0.2) is 23.1 Å². The van der Waals surface area contributed by atoms with Gasteiger partial charge in [0.15, 0.2) is 0 Å². The number of nitrogens with zero attached hydrogens (tertiary/aromatic N) is 3. The van der Waals surface area contributed by atoms with Crippen molar-refractivity contribution in [3.8, 4) is 0 Å². The molecule has 3 N–H and O–H groups in total. The highest BCUT2D eigenvalue weighted by molar-refractivity contribution is 7.89. The lowest BCUT2D eigenvalue weighted by Crippen LogP contribution is -2.50. The first-order valence-electron chi connectivity index (χ1n) is 8.17. The summed E-state index contributed by atoms with van der Waals surface area (Å²) in [6.45, 7) is 1.75. The molecule has 12 heteroatoms. The summed E-state index contributed by atoms with van der Waals surface area (Å²) in [5.74, 6) is -0.0169. The molecular weight excluding hydrogens is 378 g/mol. The third kappa shape index (κ3) is 5.85. The van der Waals surface area contributed by atoms with E-state index in [-0.39, 0.29) is 29.1 Å². The Balaban J connectivity index is 2.05. The molecule has 0 aliphatic carbocycles. The number of anilines is 1. The number of amides is 1. The second-order valence-corrected chi connectivity index (χ2v) is 7.99. The van der Waals surface area contributed by atoms with E-state index in [1.807, 2.05) is 14.1 Å². The molecule has 1 aliphatic rings. The van der Waals surface area contributed by atoms with Gasteiger partial charge in [-0.3, -0.25) is 14.9 Å². The number of benzene rings is 1. The molecule has 1 atom stereocenters. The minimum atomic E-state index is -4.04. The van der Waals surface area contributed by atoms with E-state index < -0.39 is 20.6 Å². The first-order chi connectivity index (χ1) is 12.6. The van der Waals surface area contributed by atoms with E-state index in [4.69, 9.17) is 9.88 Å². The summed E-state index contributed by atoms with van der Waals surface area (Å²) in [5.41, 5.74) is -0.259. The Hall–Kier alpha value is -2.28. The Labute approximate surface area is 157 Å². The van der Waals surface area contributed by atoms with E-state index in [0.29, 0.717) is 26.2 Å². The smallest absolute Gasteiger partial charge is 0.293 e. The van der Waals surface area contributed by atoms with Crippen LogP contribution >= 0.6 is 0 Å². The van der Waals surface area contributed by atoms with Gasteiger partial charge in [-0.05, 0) is 26.2 Å². The fourth-order valence-corrected chi connectivity index (χ4v) is 3.19. The molecule has 1 aromatic carbocycles. The second kappa shape index (κ2) is 8.61. The van der Waals surface area contributed by atoms with Crippen molar-refractivity contribution in [3.05, 3.63) is 28.3 Å². The normalized spacial score (nSPS) is 17.8. The first-order valence-corrected chi connectivity index (χ1v) is 9.72. The zero-order valence-electron chi connectivity index (χ0n) is 15.1. The Morgan fingerprint density at radius 3 is 2.78 bits per heavy atom. The molecule has 1 aromatic rings. The van der Waals surface area contributed by atoms with Crippen LogP contribution in [0.25, 0.3) is 0 Å². The highest BCUT2D eigenvalue weighted by atomic mass is 32.2. The first kappa shape index (κ1) is 21.0. The zero-order chi connectivity index (χ0) is 20.2. The minimum Gasteiger partial charge on any atom is -0.377 e. The van der Waals surface area contributed by atoms with Crippen molar-refractivity contribution in [2.75, 3.05) is 52.2 Å². The van der Waals surface area contributed by atoms with Crippen molar-refractivity contribution < 1.29 is 22.9 Å². The number of nitro benzene ring substituents is 1. The van der Waals surface area contributed by atoms with Crippen LogP contribution in [0.5, 0.6) is 0 Å². The molecule has 1 saturated heterocycles. The van der Waals surface area contributed by atoms with Crippen LogP contribution in [0, 0.1) is 10.1 Å². The fraction of sp³-hybridized carbons (Fsp3) is 0.533. The number of primary sulfonamides is 1. The zero-order valence-corrected chi connectivity index (χ0v) is 15.9. The third-order valence-corrected chi connectivity index (χ3v) is 4.87. The maximum Gasteiger partial charge on any atom is 0.293 e. The number of morpholine rings is 1. The number of hydrogen-bond donors (Lipinski definition) is 2. The molecule has 0 bridgehead atoms. The van der Waals surface area contributed by atoms with Gasteiger partial charge in [-0.25, -0.2) is 13.6 Å². The van der Waals surface area contributed by atoms with Gasteiger partial charge < -0.3 is 19.9 Å². The van der Waals surface area contributed by atoms with Crippen LogP contribution in [-0.4, -0.2) is 82.0 Å². The SMILES string of the molecule is CN(C)CC(=O)N1CCO[C@H](CNc2ccc(S(N)(=O)=O)cc2[N+](=O)[O-])C1. The molecule has 27 heavy (non-hydrogen) atoms. The Kier molecular flexibility index (Phi) is 6.70. The number of rotatable bonds is 7. The summed E-state index contributed by atoms with van der Waals surface area (Å²) < 4.78 is 28.4. The topological polar surface area (TPSA) is 148 Å². The van der Waals surface area contributed by atoms with E-state index in [9.17, 15) is 23.3 Å². The number of nitro groups is 1. The molecular formula is C15H23N5O6S. The van der Waals surface area contributed by atoms with Crippen molar-refractivity contribution in [1.82, 2.24) is 9.80 Å². The van der Waals surface area contributed by atoms with Crippen LogP contribution in [0.1, 0.15) is 0 Å². The van der Waals surface area contributed by atoms with Gasteiger partial charge in [0.1, 0.15) is 5.69 Å². The molecule has 150 valence electrons. The minimum absolute atomic E-state index is 0.0169. The summed E-state index contributed by atoms with van der Waals surface area (Å²) in [6.07, 6.45) is -0.345. The van der Waals surface area contributed by atoms with Crippen LogP contribution in [-0.2, 0) is 19.6 Å². The van der Waals surface area contributed by atoms with Gasteiger partial charge in [-0.1, -0.05) is 0 Å².